The zero-order valence-corrected chi connectivity index (χ0v) is 34.2. The van der Waals surface area contributed by atoms with Crippen molar-refractivity contribution >= 4 is 44.6 Å². The topological polar surface area (TPSA) is 182 Å². The first-order chi connectivity index (χ1) is 27.1. The number of pyridine rings is 1. The van der Waals surface area contributed by atoms with Crippen LogP contribution in [0.5, 0.6) is 11.6 Å². The number of carbonyl (C=O) groups is 4. The smallest absolute Gasteiger partial charge is 0.427 e. The van der Waals surface area contributed by atoms with E-state index in [1.165, 1.54) is 4.90 Å². The molecule has 0 radical (unpaired) electrons. The Morgan fingerprint density at radius 2 is 1.79 bits per heavy atom. The number of amides is 4. The van der Waals surface area contributed by atoms with Crippen molar-refractivity contribution in [1.29, 1.82) is 0 Å². The van der Waals surface area contributed by atoms with Gasteiger partial charge in [0.15, 0.2) is 0 Å². The summed E-state index contributed by atoms with van der Waals surface area (Å²) in [6.45, 7) is 8.61. The van der Waals surface area contributed by atoms with E-state index in [1.807, 2.05) is 32.9 Å². The Hall–Kier alpha value is -4.61. The highest BCUT2D eigenvalue weighted by atomic mass is 32.2. The number of alkyl carbamates (subject to hydrolysis) is 1. The van der Waals surface area contributed by atoms with E-state index in [0.29, 0.717) is 57.1 Å². The lowest BCUT2D eigenvalue weighted by molar-refractivity contribution is -0.244. The van der Waals surface area contributed by atoms with Gasteiger partial charge in [-0.05, 0) is 108 Å². The van der Waals surface area contributed by atoms with Gasteiger partial charge in [0.25, 0.3) is 5.91 Å². The minimum absolute atomic E-state index is 0.0328. The lowest BCUT2D eigenvalue weighted by atomic mass is 9.88. The standard InChI is InChI=1S/C40H52F3N5O9S/c1-22(2)55-27-11-14-30-25(18-27)15-16-44-34(30)56-28-19-31-33(49)46-39(36(51)47-58(53,54)29-12-13-29)20-26(39)10-8-7-9-23(3)17-24(4)32(35(50)48(31)21-28)45-37(52)57-38(5,6)40(41,42)43/h8,10-11,14-16,18,22-24,26,28-29,31-32H,7,9,12-13,17,19-21H2,1-6H3,(H,45,52)(H,46,49)(H,47,51)/b10-8-/t23-,24-,26-,28-,31+,32+,39-/m1/s1. The van der Waals surface area contributed by atoms with Crippen LogP contribution in [0.3, 0.4) is 0 Å². The van der Waals surface area contributed by atoms with Crippen molar-refractivity contribution in [2.75, 3.05) is 6.54 Å². The lowest BCUT2D eigenvalue weighted by Crippen LogP contribution is -2.59. The van der Waals surface area contributed by atoms with Crippen LogP contribution in [0.15, 0.2) is 42.6 Å². The maximum Gasteiger partial charge on any atom is 0.427 e. The van der Waals surface area contributed by atoms with Crippen molar-refractivity contribution < 1.29 is 55.0 Å². The van der Waals surface area contributed by atoms with Gasteiger partial charge in [-0.15, -0.1) is 0 Å². The van der Waals surface area contributed by atoms with Gasteiger partial charge in [-0.3, -0.25) is 19.1 Å². The highest BCUT2D eigenvalue weighted by molar-refractivity contribution is 7.91. The number of fused-ring (bicyclic) bond motifs is 3. The van der Waals surface area contributed by atoms with E-state index in [4.69, 9.17) is 14.2 Å². The van der Waals surface area contributed by atoms with E-state index in [-0.39, 0.29) is 37.3 Å². The third-order valence-corrected chi connectivity index (χ3v) is 13.1. The van der Waals surface area contributed by atoms with Gasteiger partial charge in [0, 0.05) is 23.9 Å². The van der Waals surface area contributed by atoms with Gasteiger partial charge in [0.05, 0.1) is 17.9 Å². The van der Waals surface area contributed by atoms with E-state index < -0.39 is 86.4 Å². The Kier molecular flexibility index (Phi) is 12.0. The Bertz CT molecular complexity index is 2060. The number of carbonyl (C=O) groups excluding carboxylic acids is 4. The average molecular weight is 836 g/mol. The molecule has 1 saturated heterocycles. The summed E-state index contributed by atoms with van der Waals surface area (Å²) in [6.07, 6.45) is 0.254. The molecule has 0 bridgehead atoms. The number of nitrogens with one attached hydrogen (secondary N) is 3. The van der Waals surface area contributed by atoms with Crippen molar-refractivity contribution in [3.63, 3.8) is 0 Å². The van der Waals surface area contributed by atoms with Crippen molar-refractivity contribution in [2.45, 2.75) is 133 Å². The Morgan fingerprint density at radius 3 is 2.47 bits per heavy atom. The van der Waals surface area contributed by atoms with Crippen LogP contribution in [-0.2, 0) is 29.1 Å². The number of allylic oxidation sites excluding steroid dienone is 1. The van der Waals surface area contributed by atoms with Crippen LogP contribution in [0.4, 0.5) is 18.0 Å². The Labute approximate surface area is 336 Å². The fraction of sp³-hybridized carbons (Fsp3) is 0.625. The van der Waals surface area contributed by atoms with Gasteiger partial charge in [-0.25, -0.2) is 18.2 Å². The van der Waals surface area contributed by atoms with E-state index in [9.17, 15) is 40.8 Å². The average Bonchev–Trinajstić information content (AvgIpc) is 4.04. The molecule has 2 aromatic rings. The normalized spacial score (nSPS) is 29.0. The fourth-order valence-electron chi connectivity index (χ4n) is 7.67. The summed E-state index contributed by atoms with van der Waals surface area (Å²) in [6, 6.07) is 4.40. The number of hydrogen-bond acceptors (Lipinski definition) is 10. The molecule has 4 amide bonds. The zero-order chi connectivity index (χ0) is 42.4. The van der Waals surface area contributed by atoms with Gasteiger partial charge < -0.3 is 29.7 Å². The highest BCUT2D eigenvalue weighted by Crippen LogP contribution is 2.46. The number of halogens is 3. The molecule has 4 aliphatic rings. The number of ether oxygens (including phenoxy) is 3. The number of nitrogens with zero attached hydrogens (tertiary/aromatic N) is 2. The largest absolute Gasteiger partial charge is 0.491 e. The Balaban J connectivity index is 1.34. The molecule has 3 fully saturated rings. The molecule has 318 valence electrons. The van der Waals surface area contributed by atoms with Crippen LogP contribution in [0.2, 0.25) is 0 Å². The van der Waals surface area contributed by atoms with Crippen molar-refractivity contribution in [2.24, 2.45) is 17.8 Å². The van der Waals surface area contributed by atoms with E-state index in [1.54, 1.807) is 37.4 Å². The molecule has 14 nitrogen and oxygen atoms in total. The maximum absolute atomic E-state index is 14.7. The van der Waals surface area contributed by atoms with Gasteiger partial charge in [-0.1, -0.05) is 26.0 Å². The van der Waals surface area contributed by atoms with Crippen LogP contribution in [0.1, 0.15) is 86.5 Å². The lowest BCUT2D eigenvalue weighted by Gasteiger charge is -2.34. The van der Waals surface area contributed by atoms with E-state index >= 15 is 0 Å². The molecule has 3 N–H and O–H groups in total. The second-order valence-corrected chi connectivity index (χ2v) is 18.9. The van der Waals surface area contributed by atoms with Gasteiger partial charge in [0.1, 0.15) is 29.5 Å². The zero-order valence-electron chi connectivity index (χ0n) is 33.4. The molecular formula is C40H52F3N5O9S. The second kappa shape index (κ2) is 16.2. The molecule has 18 heteroatoms. The van der Waals surface area contributed by atoms with Crippen LogP contribution in [-0.4, -0.2) is 95.5 Å². The summed E-state index contributed by atoms with van der Waals surface area (Å²) in [5.41, 5.74) is -4.51. The number of aromatic nitrogens is 1. The SMILES string of the molecule is CC(C)Oc1ccc2c(O[C@@H]3C[C@H]4C(=O)N[C@]5(C(=O)NS(=O)(=O)C6CC6)C[C@H]5/C=C\CC[C@@H](C)C[C@@H](C)[C@H](NC(=O)OC(C)(C)C(F)(F)F)C(=O)N4C3)nccc2c1. The third-order valence-electron chi connectivity index (χ3n) is 11.3. The molecule has 1 aromatic heterocycles. The number of benzene rings is 1. The first kappa shape index (κ1) is 43.0. The molecular weight excluding hydrogens is 784 g/mol. The quantitative estimate of drug-likeness (QED) is 0.281. The summed E-state index contributed by atoms with van der Waals surface area (Å²) < 4.78 is 86.1. The van der Waals surface area contributed by atoms with Crippen LogP contribution in [0, 0.1) is 17.8 Å². The predicted octanol–water partition coefficient (Wildman–Crippen LogP) is 5.30. The van der Waals surface area contributed by atoms with E-state index in [0.717, 1.165) is 5.39 Å². The third kappa shape index (κ3) is 9.47. The fourth-order valence-corrected chi connectivity index (χ4v) is 9.03. The molecule has 0 unspecified atom stereocenters. The summed E-state index contributed by atoms with van der Waals surface area (Å²) in [5, 5.41) is 5.85. The monoisotopic (exact) mass is 835 g/mol. The number of rotatable bonds is 9. The first-order valence-electron chi connectivity index (χ1n) is 19.7. The van der Waals surface area contributed by atoms with Crippen molar-refractivity contribution in [3.8, 4) is 11.6 Å². The summed E-state index contributed by atoms with van der Waals surface area (Å²) in [5.74, 6) is -2.80. The van der Waals surface area contributed by atoms with Gasteiger partial charge >= 0.3 is 12.3 Å². The molecule has 6 rings (SSSR count). The molecule has 3 heterocycles. The maximum atomic E-state index is 14.7. The first-order valence-corrected chi connectivity index (χ1v) is 21.3. The molecule has 2 aliphatic carbocycles. The minimum Gasteiger partial charge on any atom is -0.491 e. The minimum atomic E-state index is -4.91. The molecule has 2 saturated carbocycles. The second-order valence-electron chi connectivity index (χ2n) is 16.9. The Morgan fingerprint density at radius 1 is 1.07 bits per heavy atom. The summed E-state index contributed by atoms with van der Waals surface area (Å²) >= 11 is 0. The molecule has 58 heavy (non-hydrogen) atoms. The summed E-state index contributed by atoms with van der Waals surface area (Å²) in [7, 11) is -3.98. The number of alkyl halides is 3. The highest BCUT2D eigenvalue weighted by Gasteiger charge is 2.62. The number of sulfonamides is 1. The van der Waals surface area contributed by atoms with Crippen molar-refractivity contribution in [3.05, 3.63) is 42.6 Å². The molecule has 7 atom stereocenters. The molecule has 0 spiro atoms. The van der Waals surface area contributed by atoms with Crippen LogP contribution >= 0.6 is 0 Å². The molecule has 2 aliphatic heterocycles. The molecule has 1 aromatic carbocycles. The summed E-state index contributed by atoms with van der Waals surface area (Å²) in [4.78, 5) is 61.7. The van der Waals surface area contributed by atoms with Crippen LogP contribution < -0.4 is 24.8 Å². The van der Waals surface area contributed by atoms with Gasteiger partial charge in [-0.2, -0.15) is 13.2 Å². The predicted molar refractivity (Wildman–Crippen MR) is 206 cm³/mol. The van der Waals surface area contributed by atoms with Gasteiger partial charge in [0.2, 0.25) is 33.3 Å². The van der Waals surface area contributed by atoms with Crippen molar-refractivity contribution in [1.82, 2.24) is 25.2 Å². The number of hydrogen-bond donors (Lipinski definition) is 3. The van der Waals surface area contributed by atoms with E-state index in [2.05, 4.69) is 20.3 Å². The van der Waals surface area contributed by atoms with Crippen LogP contribution in [0.25, 0.3) is 10.8 Å².